The molecular weight excluding hydrogens is 284 g/mol. The van der Waals surface area contributed by atoms with Crippen LogP contribution in [0.15, 0.2) is 35.6 Å². The van der Waals surface area contributed by atoms with E-state index in [1.807, 2.05) is 45.0 Å². The number of rotatable bonds is 5. The molecule has 2 aromatic heterocycles. The highest BCUT2D eigenvalue weighted by molar-refractivity contribution is 7.99. The van der Waals surface area contributed by atoms with Gasteiger partial charge >= 0.3 is 0 Å². The van der Waals surface area contributed by atoms with E-state index >= 15 is 0 Å². The van der Waals surface area contributed by atoms with Gasteiger partial charge in [0.1, 0.15) is 0 Å². The van der Waals surface area contributed by atoms with Crippen LogP contribution in [-0.4, -0.2) is 26.6 Å². The van der Waals surface area contributed by atoms with Crippen LogP contribution < -0.4 is 5.32 Å². The number of nitrogens with one attached hydrogen (secondary N) is 1. The van der Waals surface area contributed by atoms with Gasteiger partial charge in [0, 0.05) is 17.6 Å². The number of pyridine rings is 1. The fourth-order valence-corrected chi connectivity index (χ4v) is 2.64. The zero-order chi connectivity index (χ0) is 15.2. The molecule has 1 atom stereocenters. The molecule has 0 aliphatic heterocycles. The summed E-state index contributed by atoms with van der Waals surface area (Å²) in [7, 11) is 0. The second-order valence-electron chi connectivity index (χ2n) is 4.77. The summed E-state index contributed by atoms with van der Waals surface area (Å²) in [6, 6.07) is 7.45. The van der Waals surface area contributed by atoms with Gasteiger partial charge in [0.05, 0.1) is 17.5 Å². The SMILES string of the molecule is Cc1cc(C)nc(SCC(=O)NC(C)c2ccccn2)n1. The molecule has 0 radical (unpaired) electrons. The lowest BCUT2D eigenvalue weighted by molar-refractivity contribution is -0.119. The van der Waals surface area contributed by atoms with E-state index in [1.54, 1.807) is 6.20 Å². The molecule has 0 bridgehead atoms. The first-order valence-electron chi connectivity index (χ1n) is 6.70. The quantitative estimate of drug-likeness (QED) is 0.679. The minimum absolute atomic E-state index is 0.0547. The highest BCUT2D eigenvalue weighted by Crippen LogP contribution is 2.14. The molecule has 1 N–H and O–H groups in total. The van der Waals surface area contributed by atoms with E-state index in [1.165, 1.54) is 11.8 Å². The van der Waals surface area contributed by atoms with Crippen molar-refractivity contribution in [1.29, 1.82) is 0 Å². The third-order valence-corrected chi connectivity index (χ3v) is 3.65. The van der Waals surface area contributed by atoms with Crippen molar-refractivity contribution in [2.45, 2.75) is 32.0 Å². The van der Waals surface area contributed by atoms with Crippen LogP contribution in [0.1, 0.15) is 30.0 Å². The molecular formula is C15H18N4OS. The molecule has 110 valence electrons. The van der Waals surface area contributed by atoms with E-state index in [-0.39, 0.29) is 11.9 Å². The number of carbonyl (C=O) groups excluding carboxylic acids is 1. The van der Waals surface area contributed by atoms with Gasteiger partial charge < -0.3 is 5.32 Å². The molecule has 2 heterocycles. The first-order valence-corrected chi connectivity index (χ1v) is 7.68. The molecule has 6 heteroatoms. The van der Waals surface area contributed by atoms with E-state index in [2.05, 4.69) is 20.3 Å². The summed E-state index contributed by atoms with van der Waals surface area (Å²) < 4.78 is 0. The summed E-state index contributed by atoms with van der Waals surface area (Å²) in [6.45, 7) is 5.75. The van der Waals surface area contributed by atoms with E-state index in [0.717, 1.165) is 17.1 Å². The number of hydrogen-bond donors (Lipinski definition) is 1. The number of amides is 1. The average molecular weight is 302 g/mol. The number of carbonyl (C=O) groups is 1. The Labute approximate surface area is 128 Å². The number of hydrogen-bond acceptors (Lipinski definition) is 5. The summed E-state index contributed by atoms with van der Waals surface area (Å²) in [4.78, 5) is 24.8. The largest absolute Gasteiger partial charge is 0.347 e. The standard InChI is InChI=1S/C15H18N4OS/c1-10-8-11(2)18-15(17-10)21-9-14(20)19-12(3)13-6-4-5-7-16-13/h4-8,12H,9H2,1-3H3,(H,19,20). The van der Waals surface area contributed by atoms with Gasteiger partial charge in [0.25, 0.3) is 0 Å². The lowest BCUT2D eigenvalue weighted by Crippen LogP contribution is -2.28. The Hall–Kier alpha value is -1.95. The maximum atomic E-state index is 12.0. The molecule has 1 unspecified atom stereocenters. The minimum atomic E-state index is -0.112. The van der Waals surface area contributed by atoms with Crippen molar-refractivity contribution in [3.8, 4) is 0 Å². The van der Waals surface area contributed by atoms with Crippen LogP contribution in [0.25, 0.3) is 0 Å². The summed E-state index contributed by atoms with van der Waals surface area (Å²) in [5.74, 6) is 0.237. The molecule has 0 fully saturated rings. The van der Waals surface area contributed by atoms with Crippen LogP contribution >= 0.6 is 11.8 Å². The third kappa shape index (κ3) is 4.82. The van der Waals surface area contributed by atoms with E-state index in [9.17, 15) is 4.79 Å². The molecule has 21 heavy (non-hydrogen) atoms. The molecule has 0 aliphatic carbocycles. The second-order valence-corrected chi connectivity index (χ2v) is 5.71. The van der Waals surface area contributed by atoms with Gasteiger partial charge in [-0.3, -0.25) is 9.78 Å². The van der Waals surface area contributed by atoms with Gasteiger partial charge in [-0.2, -0.15) is 0 Å². The van der Waals surface area contributed by atoms with Gasteiger partial charge in [-0.1, -0.05) is 17.8 Å². The Morgan fingerprint density at radius 3 is 2.62 bits per heavy atom. The molecule has 0 aromatic carbocycles. The van der Waals surface area contributed by atoms with E-state index < -0.39 is 0 Å². The third-order valence-electron chi connectivity index (χ3n) is 2.80. The first kappa shape index (κ1) is 15.4. The Morgan fingerprint density at radius 2 is 2.00 bits per heavy atom. The zero-order valence-corrected chi connectivity index (χ0v) is 13.1. The maximum absolute atomic E-state index is 12.0. The summed E-state index contributed by atoms with van der Waals surface area (Å²) in [6.07, 6.45) is 1.72. The first-order chi connectivity index (χ1) is 10.0. The van der Waals surface area contributed by atoms with Gasteiger partial charge in [0.15, 0.2) is 5.16 Å². The fourth-order valence-electron chi connectivity index (χ4n) is 1.88. The summed E-state index contributed by atoms with van der Waals surface area (Å²) in [5.41, 5.74) is 2.66. The highest BCUT2D eigenvalue weighted by Gasteiger charge is 2.11. The number of thioether (sulfide) groups is 1. The fraction of sp³-hybridized carbons (Fsp3) is 0.333. The molecule has 1 amide bonds. The number of aryl methyl sites for hydroxylation is 2. The van der Waals surface area contributed by atoms with Crippen LogP contribution in [0.3, 0.4) is 0 Å². The molecule has 2 rings (SSSR count). The molecule has 5 nitrogen and oxygen atoms in total. The topological polar surface area (TPSA) is 67.8 Å². The van der Waals surface area contributed by atoms with Crippen LogP contribution in [0.4, 0.5) is 0 Å². The average Bonchev–Trinajstić information content (AvgIpc) is 2.45. The summed E-state index contributed by atoms with van der Waals surface area (Å²) in [5, 5.41) is 3.55. The van der Waals surface area contributed by atoms with Crippen molar-refractivity contribution < 1.29 is 4.79 Å². The van der Waals surface area contributed by atoms with Crippen LogP contribution in [-0.2, 0) is 4.79 Å². The normalized spacial score (nSPS) is 12.0. The van der Waals surface area contributed by atoms with Crippen molar-refractivity contribution in [3.63, 3.8) is 0 Å². The molecule has 0 spiro atoms. The Kier molecular flexibility index (Phi) is 5.27. The predicted molar refractivity (Wildman–Crippen MR) is 83.0 cm³/mol. The molecule has 2 aromatic rings. The smallest absolute Gasteiger partial charge is 0.231 e. The second kappa shape index (κ2) is 7.17. The van der Waals surface area contributed by atoms with Crippen molar-refractivity contribution >= 4 is 17.7 Å². The zero-order valence-electron chi connectivity index (χ0n) is 12.3. The van der Waals surface area contributed by atoms with E-state index in [0.29, 0.717) is 10.9 Å². The van der Waals surface area contributed by atoms with Gasteiger partial charge in [-0.15, -0.1) is 0 Å². The van der Waals surface area contributed by atoms with Crippen molar-refractivity contribution in [2.24, 2.45) is 0 Å². The molecule has 0 saturated heterocycles. The monoisotopic (exact) mass is 302 g/mol. The minimum Gasteiger partial charge on any atom is -0.347 e. The van der Waals surface area contributed by atoms with Crippen LogP contribution in [0.2, 0.25) is 0 Å². The lowest BCUT2D eigenvalue weighted by atomic mass is 10.2. The Bertz CT molecular complexity index is 598. The highest BCUT2D eigenvalue weighted by atomic mass is 32.2. The maximum Gasteiger partial charge on any atom is 0.231 e. The van der Waals surface area contributed by atoms with E-state index in [4.69, 9.17) is 0 Å². The van der Waals surface area contributed by atoms with Crippen LogP contribution in [0, 0.1) is 13.8 Å². The predicted octanol–water partition coefficient (Wildman–Crippen LogP) is 2.46. The number of aromatic nitrogens is 3. The lowest BCUT2D eigenvalue weighted by Gasteiger charge is -2.12. The van der Waals surface area contributed by atoms with Gasteiger partial charge in [-0.25, -0.2) is 9.97 Å². The Morgan fingerprint density at radius 1 is 1.29 bits per heavy atom. The van der Waals surface area contributed by atoms with Gasteiger partial charge in [-0.05, 0) is 39.0 Å². The summed E-state index contributed by atoms with van der Waals surface area (Å²) >= 11 is 1.34. The van der Waals surface area contributed by atoms with Crippen LogP contribution in [0.5, 0.6) is 0 Å². The van der Waals surface area contributed by atoms with Crippen molar-refractivity contribution in [1.82, 2.24) is 20.3 Å². The Balaban J connectivity index is 1.87. The molecule has 0 saturated carbocycles. The number of nitrogens with zero attached hydrogens (tertiary/aromatic N) is 3. The van der Waals surface area contributed by atoms with Crippen molar-refractivity contribution in [3.05, 3.63) is 47.5 Å². The van der Waals surface area contributed by atoms with Gasteiger partial charge in [0.2, 0.25) is 5.91 Å². The van der Waals surface area contributed by atoms with Crippen molar-refractivity contribution in [2.75, 3.05) is 5.75 Å². The molecule has 0 aliphatic rings.